The third kappa shape index (κ3) is 5.35. The molecule has 0 radical (unpaired) electrons. The van der Waals surface area contributed by atoms with Crippen LogP contribution < -0.4 is 10.6 Å². The van der Waals surface area contributed by atoms with Crippen molar-refractivity contribution in [1.29, 1.82) is 0 Å². The molecule has 126 valence electrons. The second-order valence-electron chi connectivity index (χ2n) is 5.48. The van der Waals surface area contributed by atoms with Crippen LogP contribution in [0.3, 0.4) is 0 Å². The first-order valence-electron chi connectivity index (χ1n) is 7.95. The van der Waals surface area contributed by atoms with Gasteiger partial charge in [-0.1, -0.05) is 0 Å². The molecule has 7 heteroatoms. The number of guanidine groups is 1. The van der Waals surface area contributed by atoms with E-state index in [2.05, 4.69) is 37.1 Å². The molecule has 2 aromatic heterocycles. The monoisotopic (exact) mass is 334 g/mol. The zero-order chi connectivity index (χ0) is 16.7. The smallest absolute Gasteiger partial charge is 0.191 e. The average Bonchev–Trinajstić information content (AvgIpc) is 3.08. The summed E-state index contributed by atoms with van der Waals surface area (Å²) in [6.45, 7) is 8.82. The number of imidazole rings is 1. The van der Waals surface area contributed by atoms with Gasteiger partial charge in [-0.3, -0.25) is 4.99 Å². The molecule has 0 unspecified atom stereocenters. The van der Waals surface area contributed by atoms with E-state index in [1.54, 1.807) is 18.4 Å². The quantitative estimate of drug-likeness (QED) is 0.463. The topological polar surface area (TPSA) is 67.1 Å². The lowest BCUT2D eigenvalue weighted by Crippen LogP contribution is -2.37. The van der Waals surface area contributed by atoms with Crippen molar-refractivity contribution in [2.45, 2.75) is 46.7 Å². The Morgan fingerprint density at radius 2 is 2.09 bits per heavy atom. The highest BCUT2D eigenvalue weighted by atomic mass is 32.1. The van der Waals surface area contributed by atoms with Crippen LogP contribution in [0.15, 0.2) is 17.4 Å². The molecule has 0 saturated heterocycles. The van der Waals surface area contributed by atoms with Gasteiger partial charge in [-0.2, -0.15) is 0 Å². The maximum atomic E-state index is 4.53. The van der Waals surface area contributed by atoms with E-state index in [-0.39, 0.29) is 0 Å². The van der Waals surface area contributed by atoms with Crippen molar-refractivity contribution >= 4 is 17.3 Å². The van der Waals surface area contributed by atoms with E-state index in [4.69, 9.17) is 0 Å². The Hall–Kier alpha value is -1.89. The number of hydrogen-bond donors (Lipinski definition) is 2. The molecule has 2 rings (SSSR count). The number of aliphatic imine (C=N–C) groups is 1. The second-order valence-corrected chi connectivity index (χ2v) is 6.76. The summed E-state index contributed by atoms with van der Waals surface area (Å²) in [6.07, 6.45) is 6.09. The fourth-order valence-electron chi connectivity index (χ4n) is 2.25. The van der Waals surface area contributed by atoms with Crippen LogP contribution in [0.5, 0.6) is 0 Å². The van der Waals surface area contributed by atoms with Crippen molar-refractivity contribution in [1.82, 2.24) is 25.2 Å². The van der Waals surface area contributed by atoms with Crippen LogP contribution >= 0.6 is 11.3 Å². The number of aryl methyl sites for hydroxylation is 4. The lowest BCUT2D eigenvalue weighted by molar-refractivity contribution is 0.588. The number of nitrogens with one attached hydrogen (secondary N) is 2. The van der Waals surface area contributed by atoms with E-state index in [0.29, 0.717) is 6.54 Å². The minimum Gasteiger partial charge on any atom is -0.356 e. The van der Waals surface area contributed by atoms with Crippen molar-refractivity contribution in [2.75, 3.05) is 13.6 Å². The summed E-state index contributed by atoms with van der Waals surface area (Å²) in [4.78, 5) is 14.3. The molecule has 23 heavy (non-hydrogen) atoms. The highest BCUT2D eigenvalue weighted by molar-refractivity contribution is 7.11. The summed E-state index contributed by atoms with van der Waals surface area (Å²) in [5, 5.41) is 7.75. The molecule has 0 aliphatic carbocycles. The molecular weight excluding hydrogens is 308 g/mol. The first-order chi connectivity index (χ1) is 11.1. The molecule has 2 N–H and O–H groups in total. The standard InChI is InChI=1S/C16H26N6S/c1-12-13(2)23-15(21-12)11-20-16(17-4)19-7-5-6-9-22-10-8-18-14(22)3/h8,10H,5-7,9,11H2,1-4H3,(H2,17,19,20). The van der Waals surface area contributed by atoms with Crippen molar-refractivity contribution in [3.63, 3.8) is 0 Å². The highest BCUT2D eigenvalue weighted by Crippen LogP contribution is 2.15. The molecule has 0 fully saturated rings. The van der Waals surface area contributed by atoms with Crippen LogP contribution in [0.25, 0.3) is 0 Å². The number of thiazole rings is 1. The van der Waals surface area contributed by atoms with Crippen molar-refractivity contribution in [2.24, 2.45) is 4.99 Å². The summed E-state index contributed by atoms with van der Waals surface area (Å²) in [7, 11) is 1.79. The van der Waals surface area contributed by atoms with Gasteiger partial charge in [0.1, 0.15) is 10.8 Å². The van der Waals surface area contributed by atoms with Crippen LogP contribution in [0.4, 0.5) is 0 Å². The van der Waals surface area contributed by atoms with Gasteiger partial charge in [0.15, 0.2) is 5.96 Å². The third-order valence-corrected chi connectivity index (χ3v) is 4.82. The van der Waals surface area contributed by atoms with Crippen LogP contribution in [-0.2, 0) is 13.1 Å². The molecule has 0 aliphatic rings. The number of nitrogens with zero attached hydrogens (tertiary/aromatic N) is 4. The Labute approximate surface area is 142 Å². The lowest BCUT2D eigenvalue weighted by Gasteiger charge is -2.11. The van der Waals surface area contributed by atoms with Gasteiger partial charge in [-0.15, -0.1) is 11.3 Å². The summed E-state index contributed by atoms with van der Waals surface area (Å²) in [5.41, 5.74) is 1.12. The average molecular weight is 334 g/mol. The molecule has 0 saturated carbocycles. The van der Waals surface area contributed by atoms with Gasteiger partial charge in [0.2, 0.25) is 0 Å². The largest absolute Gasteiger partial charge is 0.356 e. The van der Waals surface area contributed by atoms with Gasteiger partial charge in [0.25, 0.3) is 0 Å². The predicted molar refractivity (Wildman–Crippen MR) is 96.0 cm³/mol. The molecule has 0 bridgehead atoms. The van der Waals surface area contributed by atoms with E-state index < -0.39 is 0 Å². The Morgan fingerprint density at radius 1 is 1.26 bits per heavy atom. The normalized spacial score (nSPS) is 11.7. The van der Waals surface area contributed by atoms with Crippen molar-refractivity contribution in [3.8, 4) is 0 Å². The Morgan fingerprint density at radius 3 is 2.70 bits per heavy atom. The number of aromatic nitrogens is 3. The molecule has 2 heterocycles. The zero-order valence-electron chi connectivity index (χ0n) is 14.4. The van der Waals surface area contributed by atoms with Gasteiger partial charge < -0.3 is 15.2 Å². The molecule has 0 aliphatic heterocycles. The first-order valence-corrected chi connectivity index (χ1v) is 8.77. The van der Waals surface area contributed by atoms with Gasteiger partial charge in [0.05, 0.1) is 12.2 Å². The highest BCUT2D eigenvalue weighted by Gasteiger charge is 2.04. The first kappa shape index (κ1) is 17.5. The van der Waals surface area contributed by atoms with E-state index in [0.717, 1.165) is 48.4 Å². The van der Waals surface area contributed by atoms with Crippen LogP contribution in [0.2, 0.25) is 0 Å². The minimum absolute atomic E-state index is 0.716. The number of rotatable bonds is 7. The summed E-state index contributed by atoms with van der Waals surface area (Å²) < 4.78 is 2.18. The Balaban J connectivity index is 1.64. The molecule has 0 atom stereocenters. The van der Waals surface area contributed by atoms with E-state index in [1.807, 2.05) is 26.2 Å². The number of unbranched alkanes of at least 4 members (excludes halogenated alkanes) is 1. The summed E-state index contributed by atoms with van der Waals surface area (Å²) >= 11 is 1.73. The van der Waals surface area contributed by atoms with Gasteiger partial charge in [-0.05, 0) is 33.6 Å². The molecular formula is C16H26N6S. The molecule has 0 aromatic carbocycles. The van der Waals surface area contributed by atoms with Crippen LogP contribution in [0, 0.1) is 20.8 Å². The fourth-order valence-corrected chi connectivity index (χ4v) is 3.12. The molecule has 2 aromatic rings. The third-order valence-electron chi connectivity index (χ3n) is 3.75. The zero-order valence-corrected chi connectivity index (χ0v) is 15.2. The van der Waals surface area contributed by atoms with E-state index in [1.165, 1.54) is 4.88 Å². The number of hydrogen-bond acceptors (Lipinski definition) is 4. The van der Waals surface area contributed by atoms with Gasteiger partial charge in [0, 0.05) is 37.4 Å². The maximum absolute atomic E-state index is 4.53. The predicted octanol–water partition coefficient (Wildman–Crippen LogP) is 2.41. The van der Waals surface area contributed by atoms with Crippen LogP contribution in [0.1, 0.15) is 34.2 Å². The van der Waals surface area contributed by atoms with Crippen LogP contribution in [-0.4, -0.2) is 34.1 Å². The lowest BCUT2D eigenvalue weighted by atomic mass is 10.3. The molecule has 0 amide bonds. The fraction of sp³-hybridized carbons (Fsp3) is 0.562. The van der Waals surface area contributed by atoms with Crippen molar-refractivity contribution < 1.29 is 0 Å². The maximum Gasteiger partial charge on any atom is 0.191 e. The van der Waals surface area contributed by atoms with Gasteiger partial charge >= 0.3 is 0 Å². The Kier molecular flexibility index (Phi) is 6.58. The van der Waals surface area contributed by atoms with Crippen molar-refractivity contribution in [3.05, 3.63) is 33.8 Å². The van der Waals surface area contributed by atoms with E-state index >= 15 is 0 Å². The Bertz CT molecular complexity index is 623. The molecule has 0 spiro atoms. The summed E-state index contributed by atoms with van der Waals surface area (Å²) in [5.74, 6) is 1.90. The molecule has 6 nitrogen and oxygen atoms in total. The van der Waals surface area contributed by atoms with Gasteiger partial charge in [-0.25, -0.2) is 9.97 Å². The SMILES string of the molecule is CN=C(NCCCCn1ccnc1C)NCc1nc(C)c(C)s1. The minimum atomic E-state index is 0.716. The second kappa shape index (κ2) is 8.67. The summed E-state index contributed by atoms with van der Waals surface area (Å²) in [6, 6.07) is 0. The van der Waals surface area contributed by atoms with E-state index in [9.17, 15) is 0 Å².